The molecular weight excluding hydrogens is 330 g/mol. The number of benzene rings is 1. The minimum atomic E-state index is -0.864. The van der Waals surface area contributed by atoms with Crippen molar-refractivity contribution in [1.29, 1.82) is 0 Å². The second-order valence-electron chi connectivity index (χ2n) is 7.39. The number of nitrogens with one attached hydrogen (secondary N) is 2. The minimum absolute atomic E-state index is 0.0230. The highest BCUT2D eigenvalue weighted by Gasteiger charge is 2.49. The van der Waals surface area contributed by atoms with Crippen molar-refractivity contribution in [1.82, 2.24) is 15.5 Å². The Morgan fingerprint density at radius 2 is 1.81 bits per heavy atom. The van der Waals surface area contributed by atoms with E-state index >= 15 is 0 Å². The number of carbonyl (C=O) groups excluding carboxylic acids is 3. The van der Waals surface area contributed by atoms with Gasteiger partial charge in [-0.2, -0.15) is 0 Å². The van der Waals surface area contributed by atoms with Gasteiger partial charge in [-0.1, -0.05) is 50.6 Å². The smallest absolute Gasteiger partial charge is 0.325 e. The fourth-order valence-electron chi connectivity index (χ4n) is 3.98. The molecule has 2 fully saturated rings. The Morgan fingerprint density at radius 3 is 2.31 bits per heavy atom. The predicted octanol–water partition coefficient (Wildman–Crippen LogP) is 2.34. The molecule has 0 unspecified atom stereocenters. The van der Waals surface area contributed by atoms with Crippen molar-refractivity contribution in [3.63, 3.8) is 0 Å². The van der Waals surface area contributed by atoms with Gasteiger partial charge in [-0.15, -0.1) is 0 Å². The molecule has 0 aromatic heterocycles. The van der Waals surface area contributed by atoms with Crippen molar-refractivity contribution in [2.24, 2.45) is 0 Å². The number of hydrogen-bond acceptors (Lipinski definition) is 3. The van der Waals surface area contributed by atoms with Crippen LogP contribution in [0.15, 0.2) is 30.3 Å². The largest absolute Gasteiger partial charge is 0.354 e. The van der Waals surface area contributed by atoms with Crippen LogP contribution in [0.5, 0.6) is 0 Å². The highest BCUT2D eigenvalue weighted by Crippen LogP contribution is 2.43. The van der Waals surface area contributed by atoms with Gasteiger partial charge in [0.15, 0.2) is 0 Å². The lowest BCUT2D eigenvalue weighted by molar-refractivity contribution is -0.135. The molecule has 1 saturated carbocycles. The average Bonchev–Trinajstić information content (AvgIpc) is 2.86. The number of rotatable bonds is 7. The van der Waals surface area contributed by atoms with E-state index in [-0.39, 0.29) is 23.8 Å². The monoisotopic (exact) mass is 357 g/mol. The van der Waals surface area contributed by atoms with E-state index in [1.54, 1.807) is 0 Å². The fraction of sp³-hybridized carbons (Fsp3) is 0.550. The first-order valence-electron chi connectivity index (χ1n) is 9.43. The maximum atomic E-state index is 12.6. The lowest BCUT2D eigenvalue weighted by Crippen LogP contribution is -2.49. The van der Waals surface area contributed by atoms with Gasteiger partial charge in [0, 0.05) is 12.0 Å². The third-order valence-electron chi connectivity index (χ3n) is 6.08. The summed E-state index contributed by atoms with van der Waals surface area (Å²) in [4.78, 5) is 38.2. The van der Waals surface area contributed by atoms with Crippen LogP contribution < -0.4 is 10.6 Å². The SMILES string of the molecule is CCC1(CC)NC(=O)N(CC(=O)NCC2(c3ccccc3)CCC2)C1=O. The third kappa shape index (κ3) is 3.08. The fourth-order valence-corrected chi connectivity index (χ4v) is 3.98. The maximum Gasteiger partial charge on any atom is 0.325 e. The Hall–Kier alpha value is -2.37. The van der Waals surface area contributed by atoms with E-state index in [2.05, 4.69) is 22.8 Å². The molecule has 26 heavy (non-hydrogen) atoms. The summed E-state index contributed by atoms with van der Waals surface area (Å²) in [5.74, 6) is -0.595. The number of imide groups is 1. The van der Waals surface area contributed by atoms with Crippen molar-refractivity contribution in [2.75, 3.05) is 13.1 Å². The van der Waals surface area contributed by atoms with Crippen LogP contribution in [0.1, 0.15) is 51.5 Å². The van der Waals surface area contributed by atoms with Gasteiger partial charge in [-0.05, 0) is 31.2 Å². The van der Waals surface area contributed by atoms with Crippen molar-refractivity contribution in [2.45, 2.75) is 56.9 Å². The summed E-state index contributed by atoms with van der Waals surface area (Å²) < 4.78 is 0. The molecule has 1 aromatic carbocycles. The van der Waals surface area contributed by atoms with Crippen LogP contribution in [-0.2, 0) is 15.0 Å². The highest BCUT2D eigenvalue weighted by molar-refractivity contribution is 6.08. The van der Waals surface area contributed by atoms with E-state index in [1.807, 2.05) is 32.0 Å². The Morgan fingerprint density at radius 1 is 1.15 bits per heavy atom. The van der Waals surface area contributed by atoms with Crippen LogP contribution in [0.4, 0.5) is 4.79 Å². The molecule has 1 aliphatic heterocycles. The summed E-state index contributed by atoms with van der Waals surface area (Å²) in [5, 5.41) is 5.69. The molecule has 3 rings (SSSR count). The zero-order valence-electron chi connectivity index (χ0n) is 15.5. The molecule has 2 N–H and O–H groups in total. The Labute approximate surface area is 154 Å². The van der Waals surface area contributed by atoms with E-state index < -0.39 is 11.6 Å². The van der Waals surface area contributed by atoms with Gasteiger partial charge in [0.1, 0.15) is 12.1 Å². The zero-order valence-corrected chi connectivity index (χ0v) is 15.5. The van der Waals surface area contributed by atoms with Crippen LogP contribution >= 0.6 is 0 Å². The summed E-state index contributed by atoms with van der Waals surface area (Å²) in [7, 11) is 0. The molecule has 2 aliphatic rings. The predicted molar refractivity (Wildman–Crippen MR) is 98.5 cm³/mol. The standard InChI is InChI=1S/C20H27N3O3/c1-3-20(4-2)17(25)23(18(26)22-20)13-16(24)21-14-19(11-8-12-19)15-9-6-5-7-10-15/h5-7,9-10H,3-4,8,11-14H2,1-2H3,(H,21,24)(H,22,26). The molecule has 6 nitrogen and oxygen atoms in total. The highest BCUT2D eigenvalue weighted by atomic mass is 16.2. The van der Waals surface area contributed by atoms with Gasteiger partial charge >= 0.3 is 6.03 Å². The summed E-state index contributed by atoms with van der Waals surface area (Å²) >= 11 is 0. The second-order valence-corrected chi connectivity index (χ2v) is 7.39. The minimum Gasteiger partial charge on any atom is -0.354 e. The van der Waals surface area contributed by atoms with Crippen LogP contribution in [-0.4, -0.2) is 41.4 Å². The second kappa shape index (κ2) is 7.09. The van der Waals surface area contributed by atoms with Crippen LogP contribution in [0.25, 0.3) is 0 Å². The van der Waals surface area contributed by atoms with Crippen molar-refractivity contribution in [3.8, 4) is 0 Å². The topological polar surface area (TPSA) is 78.5 Å². The van der Waals surface area contributed by atoms with E-state index in [1.165, 1.54) is 5.56 Å². The van der Waals surface area contributed by atoms with E-state index in [0.717, 1.165) is 24.2 Å². The molecule has 0 spiro atoms. The first-order chi connectivity index (χ1) is 12.5. The van der Waals surface area contributed by atoms with Crippen LogP contribution in [0, 0.1) is 0 Å². The Balaban J connectivity index is 1.61. The summed E-state index contributed by atoms with van der Waals surface area (Å²) in [6, 6.07) is 9.73. The normalized spacial score (nSPS) is 20.5. The van der Waals surface area contributed by atoms with E-state index in [0.29, 0.717) is 19.4 Å². The lowest BCUT2D eigenvalue weighted by Gasteiger charge is -2.42. The summed E-state index contributed by atoms with van der Waals surface area (Å²) in [6.45, 7) is 4.04. The molecule has 0 bridgehead atoms. The number of hydrogen-bond donors (Lipinski definition) is 2. The first kappa shape index (κ1) is 18.4. The molecule has 0 radical (unpaired) electrons. The van der Waals surface area contributed by atoms with Gasteiger partial charge in [0.25, 0.3) is 5.91 Å². The zero-order chi connectivity index (χ0) is 18.8. The van der Waals surface area contributed by atoms with Crippen LogP contribution in [0.2, 0.25) is 0 Å². The molecule has 4 amide bonds. The molecule has 1 heterocycles. The Bertz CT molecular complexity index is 694. The van der Waals surface area contributed by atoms with Gasteiger partial charge in [0.2, 0.25) is 5.91 Å². The lowest BCUT2D eigenvalue weighted by atomic mass is 9.64. The van der Waals surface area contributed by atoms with Crippen molar-refractivity contribution in [3.05, 3.63) is 35.9 Å². The maximum absolute atomic E-state index is 12.6. The van der Waals surface area contributed by atoms with Gasteiger partial charge in [-0.25, -0.2) is 4.79 Å². The molecule has 6 heteroatoms. The van der Waals surface area contributed by atoms with Gasteiger partial charge in [0.05, 0.1) is 0 Å². The average molecular weight is 357 g/mol. The number of nitrogens with zero attached hydrogens (tertiary/aromatic N) is 1. The van der Waals surface area contributed by atoms with Crippen LogP contribution in [0.3, 0.4) is 0 Å². The number of carbonyl (C=O) groups is 3. The Kier molecular flexibility index (Phi) is 5.03. The summed E-state index contributed by atoms with van der Waals surface area (Å²) in [5.41, 5.74) is 0.346. The molecule has 1 aromatic rings. The first-order valence-corrected chi connectivity index (χ1v) is 9.43. The molecule has 1 aliphatic carbocycles. The quantitative estimate of drug-likeness (QED) is 0.735. The number of urea groups is 1. The van der Waals surface area contributed by atoms with E-state index in [9.17, 15) is 14.4 Å². The molecular formula is C20H27N3O3. The molecule has 140 valence electrons. The van der Waals surface area contributed by atoms with E-state index in [4.69, 9.17) is 0 Å². The molecule has 1 saturated heterocycles. The van der Waals surface area contributed by atoms with Gasteiger partial charge < -0.3 is 10.6 Å². The third-order valence-corrected chi connectivity index (χ3v) is 6.08. The summed E-state index contributed by atoms with van der Waals surface area (Å²) in [6.07, 6.45) is 4.25. The molecule has 0 atom stereocenters. The van der Waals surface area contributed by atoms with Crippen molar-refractivity contribution < 1.29 is 14.4 Å². The number of amides is 4. The van der Waals surface area contributed by atoms with Crippen molar-refractivity contribution >= 4 is 17.8 Å². The van der Waals surface area contributed by atoms with Gasteiger partial charge in [-0.3, -0.25) is 14.5 Å².